The van der Waals surface area contributed by atoms with Gasteiger partial charge in [-0.2, -0.15) is 0 Å². The van der Waals surface area contributed by atoms with Crippen LogP contribution in [-0.4, -0.2) is 9.97 Å². The van der Waals surface area contributed by atoms with Crippen LogP contribution in [0.2, 0.25) is 0 Å². The van der Waals surface area contributed by atoms with Crippen molar-refractivity contribution >= 4 is 10.8 Å². The second kappa shape index (κ2) is 9.58. The fraction of sp³-hybridized carbons (Fsp3) is 0. The minimum atomic E-state index is -1.03. The smallest absolute Gasteiger partial charge is 0.160 e. The SMILES string of the molecule is [2H]c1c(-c2c([2H])c([2H])c([2H])c([2H])c2[2H])nc(-c2c([2H])c([2H])c([2H])c([2H])c2[2H])nc1-c1c([2H])c([2H])c(-c2c([2H])c([2H])c3c(c2[2H])-c2c([2H])c([2H])c([2H])c4c([2H])c([2H])c([2H])c(c24)O3)c([2H])c1[2H]. The van der Waals surface area contributed by atoms with Gasteiger partial charge in [-0.3, -0.25) is 0 Å². The van der Waals surface area contributed by atoms with Gasteiger partial charge in [0, 0.05) is 27.6 Å². The average molecular weight is 549 g/mol. The molecule has 0 spiro atoms. The Morgan fingerprint density at radius 2 is 1.05 bits per heavy atom. The van der Waals surface area contributed by atoms with Crippen LogP contribution in [0.25, 0.3) is 66.9 Å². The van der Waals surface area contributed by atoms with Crippen LogP contribution in [-0.2, 0) is 0 Å². The maximum absolute atomic E-state index is 9.38. The molecule has 3 heteroatoms. The normalized spacial score (nSPS) is 19.8. The molecule has 0 saturated carbocycles. The minimum Gasteiger partial charge on any atom is -0.456 e. The Bertz CT molecular complexity index is 3310. The number of rotatable bonds is 4. The van der Waals surface area contributed by atoms with Crippen LogP contribution in [0.4, 0.5) is 0 Å². The van der Waals surface area contributed by atoms with E-state index in [1.807, 2.05) is 0 Å². The zero-order valence-electron chi connectivity index (χ0n) is 44.3. The molecule has 0 N–H and O–H groups in total. The number of fused-ring (bicyclic) bond motifs is 2. The molecule has 41 heavy (non-hydrogen) atoms. The molecule has 1 aromatic heterocycles. The monoisotopic (exact) mass is 548 g/mol. The van der Waals surface area contributed by atoms with E-state index in [9.17, 15) is 8.22 Å². The summed E-state index contributed by atoms with van der Waals surface area (Å²) in [5.74, 6) is -1.90. The zero-order chi connectivity index (χ0) is 48.1. The Hall–Kier alpha value is -5.54. The molecule has 1 aliphatic rings. The molecule has 0 atom stereocenters. The first-order chi connectivity index (χ1) is 30.3. The highest BCUT2D eigenvalue weighted by atomic mass is 16.5. The molecule has 7 aromatic rings. The van der Waals surface area contributed by atoms with Crippen LogP contribution < -0.4 is 4.74 Å². The minimum absolute atomic E-state index is 0.294. The molecule has 6 aromatic carbocycles. The summed E-state index contributed by atoms with van der Waals surface area (Å²) in [6.07, 6.45) is 0. The second-order valence-electron chi connectivity index (χ2n) is 8.38. The summed E-state index contributed by atoms with van der Waals surface area (Å²) < 4.78 is 214. The van der Waals surface area contributed by atoms with Gasteiger partial charge in [0.05, 0.1) is 44.3 Å². The van der Waals surface area contributed by atoms with Gasteiger partial charge in [0.1, 0.15) is 11.5 Å². The molecular weight excluding hydrogens is 500 g/mol. The lowest BCUT2D eigenvalue weighted by atomic mass is 9.92. The van der Waals surface area contributed by atoms with E-state index in [-0.39, 0.29) is 10.8 Å². The van der Waals surface area contributed by atoms with E-state index < -0.39 is 213 Å². The third-order valence-corrected chi connectivity index (χ3v) is 5.94. The summed E-state index contributed by atoms with van der Waals surface area (Å²) in [4.78, 5) is 8.38. The lowest BCUT2D eigenvalue weighted by Crippen LogP contribution is -1.97. The summed E-state index contributed by atoms with van der Waals surface area (Å²) in [6.45, 7) is 0. The van der Waals surface area contributed by atoms with Crippen LogP contribution >= 0.6 is 0 Å². The molecular formula is C38H24N2O. The van der Waals surface area contributed by atoms with Crippen molar-refractivity contribution in [2.24, 2.45) is 0 Å². The van der Waals surface area contributed by atoms with E-state index >= 15 is 0 Å². The first-order valence-electron chi connectivity index (χ1n) is 23.8. The van der Waals surface area contributed by atoms with Crippen molar-refractivity contribution in [3.05, 3.63) is 145 Å². The molecule has 0 fully saturated rings. The highest BCUT2D eigenvalue weighted by Gasteiger charge is 2.20. The zero-order valence-corrected chi connectivity index (χ0v) is 20.3. The summed E-state index contributed by atoms with van der Waals surface area (Å²) in [5.41, 5.74) is -6.30. The van der Waals surface area contributed by atoms with Crippen molar-refractivity contribution in [2.75, 3.05) is 0 Å². The van der Waals surface area contributed by atoms with Crippen LogP contribution in [0, 0.1) is 0 Å². The summed E-state index contributed by atoms with van der Waals surface area (Å²) >= 11 is 0. The third kappa shape index (κ3) is 4.16. The van der Waals surface area contributed by atoms with E-state index in [1.54, 1.807) is 0 Å². The maximum atomic E-state index is 9.38. The third-order valence-electron chi connectivity index (χ3n) is 5.94. The number of benzene rings is 6. The first kappa shape index (κ1) is 9.53. The standard InChI is InChI=1S/C38H24N2O/c1-3-9-26(10-4-1)33-24-34(40-38(39-33)29-11-5-2-6-12-29)27-19-17-25(18-20-27)30-21-22-35-32(23-30)31-15-7-13-28-14-8-16-36(41-35)37(28)31/h1-24H/i1D,2D,3D,4D,5D,6D,7D,8D,9D,10D,11D,12D,13D,14D,15D,16D,17D,18D,19D,20D,21D,22D,23D,24D. The van der Waals surface area contributed by atoms with Gasteiger partial charge in [0.2, 0.25) is 0 Å². The predicted octanol–water partition coefficient (Wildman–Crippen LogP) is 10.1. The van der Waals surface area contributed by atoms with Gasteiger partial charge in [-0.15, -0.1) is 0 Å². The highest BCUT2D eigenvalue weighted by molar-refractivity contribution is 6.04. The molecule has 1 aliphatic heterocycles. The Morgan fingerprint density at radius 1 is 0.439 bits per heavy atom. The van der Waals surface area contributed by atoms with E-state index in [0.717, 1.165) is 0 Å². The topological polar surface area (TPSA) is 35.0 Å². The second-order valence-corrected chi connectivity index (χ2v) is 8.38. The Balaban J connectivity index is 1.47. The number of ether oxygens (including phenoxy) is 1. The molecule has 0 bridgehead atoms. The van der Waals surface area contributed by atoms with E-state index in [1.165, 1.54) is 0 Å². The van der Waals surface area contributed by atoms with Gasteiger partial charge in [-0.05, 0) is 46.2 Å². The molecule has 0 unspecified atom stereocenters. The van der Waals surface area contributed by atoms with Gasteiger partial charge < -0.3 is 4.74 Å². The molecule has 0 saturated heterocycles. The van der Waals surface area contributed by atoms with Crippen molar-refractivity contribution in [1.29, 1.82) is 0 Å². The fourth-order valence-corrected chi connectivity index (χ4v) is 4.12. The van der Waals surface area contributed by atoms with Crippen molar-refractivity contribution in [2.45, 2.75) is 0 Å². The molecule has 0 aliphatic carbocycles. The Morgan fingerprint density at radius 3 is 1.78 bits per heavy atom. The number of aromatic nitrogens is 2. The average Bonchev–Trinajstić information content (AvgIpc) is 3.27. The van der Waals surface area contributed by atoms with Crippen molar-refractivity contribution in [1.82, 2.24) is 9.97 Å². The molecule has 8 rings (SSSR count). The lowest BCUT2D eigenvalue weighted by Gasteiger charge is -2.22. The first-order valence-corrected chi connectivity index (χ1v) is 11.8. The summed E-state index contributed by atoms with van der Waals surface area (Å²) in [5, 5.41) is -0.682. The lowest BCUT2D eigenvalue weighted by molar-refractivity contribution is 0.487. The number of hydrogen-bond acceptors (Lipinski definition) is 3. The van der Waals surface area contributed by atoms with Gasteiger partial charge in [-0.1, -0.05) is 121 Å². The summed E-state index contributed by atoms with van der Waals surface area (Å²) in [7, 11) is 0. The number of nitrogens with zero attached hydrogens (tertiary/aromatic N) is 2. The predicted molar refractivity (Wildman–Crippen MR) is 167 cm³/mol. The Labute approximate surface area is 272 Å². The fourth-order valence-electron chi connectivity index (χ4n) is 4.12. The van der Waals surface area contributed by atoms with E-state index in [4.69, 9.17) is 29.4 Å². The van der Waals surface area contributed by atoms with Gasteiger partial charge in [0.25, 0.3) is 0 Å². The molecule has 0 amide bonds. The largest absolute Gasteiger partial charge is 0.456 e. The van der Waals surface area contributed by atoms with Gasteiger partial charge in [0.15, 0.2) is 5.82 Å². The summed E-state index contributed by atoms with van der Waals surface area (Å²) in [6, 6.07) is -20.6. The number of hydrogen-bond donors (Lipinski definition) is 0. The molecule has 3 nitrogen and oxygen atoms in total. The van der Waals surface area contributed by atoms with Crippen molar-refractivity contribution in [3.8, 4) is 67.7 Å². The molecule has 2 heterocycles. The molecule has 192 valence electrons. The van der Waals surface area contributed by atoms with Crippen LogP contribution in [0.15, 0.2) is 145 Å². The van der Waals surface area contributed by atoms with Crippen LogP contribution in [0.1, 0.15) is 32.9 Å². The van der Waals surface area contributed by atoms with Gasteiger partial charge >= 0.3 is 0 Å². The Kier molecular flexibility index (Phi) is 2.23. The van der Waals surface area contributed by atoms with Crippen molar-refractivity contribution in [3.63, 3.8) is 0 Å². The van der Waals surface area contributed by atoms with E-state index in [0.29, 0.717) is 0 Å². The van der Waals surface area contributed by atoms with Gasteiger partial charge in [-0.25, -0.2) is 9.97 Å². The highest BCUT2D eigenvalue weighted by Crippen LogP contribution is 2.47. The van der Waals surface area contributed by atoms with Crippen LogP contribution in [0.3, 0.4) is 0 Å². The maximum Gasteiger partial charge on any atom is 0.160 e. The van der Waals surface area contributed by atoms with Crippen LogP contribution in [0.5, 0.6) is 11.5 Å². The molecule has 0 radical (unpaired) electrons. The quantitative estimate of drug-likeness (QED) is 0.219. The van der Waals surface area contributed by atoms with Crippen molar-refractivity contribution < 1.29 is 37.6 Å². The van der Waals surface area contributed by atoms with E-state index in [2.05, 4.69) is 9.97 Å².